The molecule has 0 amide bonds. The van der Waals surface area contributed by atoms with Gasteiger partial charge in [-0.2, -0.15) is 0 Å². The van der Waals surface area contributed by atoms with Gasteiger partial charge in [0.2, 0.25) is 0 Å². The molecule has 0 radical (unpaired) electrons. The van der Waals surface area contributed by atoms with Crippen LogP contribution >= 0.6 is 0 Å². The maximum absolute atomic E-state index is 13.1. The average molecular weight is 172 g/mol. The molecule has 2 atom stereocenters. The van der Waals surface area contributed by atoms with E-state index in [1.165, 1.54) is 0 Å². The van der Waals surface area contributed by atoms with Crippen LogP contribution in [-0.2, 0) is 0 Å². The van der Waals surface area contributed by atoms with Crippen molar-refractivity contribution in [3.05, 3.63) is 12.2 Å². The Kier molecular flexibility index (Phi) is 3.27. The Balaban J connectivity index is 2.54. The lowest BCUT2D eigenvalue weighted by Gasteiger charge is -2.23. The van der Waals surface area contributed by atoms with E-state index in [-0.39, 0.29) is 6.42 Å². The molecule has 1 nitrogen and oxygen atoms in total. The van der Waals surface area contributed by atoms with Crippen LogP contribution in [0.2, 0.25) is 0 Å². The number of alkyl halides is 1. The number of halogens is 1. The minimum Gasteiger partial charge on any atom is -0.390 e. The monoisotopic (exact) mass is 172 g/mol. The zero-order chi connectivity index (χ0) is 9.03. The second kappa shape index (κ2) is 4.04. The van der Waals surface area contributed by atoms with Crippen LogP contribution in [0.3, 0.4) is 0 Å². The molecule has 0 aromatic rings. The molecular weight excluding hydrogens is 155 g/mol. The van der Waals surface area contributed by atoms with E-state index in [1.54, 1.807) is 13.0 Å². The lowest BCUT2D eigenvalue weighted by molar-refractivity contribution is 0.0243. The number of hydrogen-bond donors (Lipinski definition) is 1. The van der Waals surface area contributed by atoms with E-state index in [0.29, 0.717) is 0 Å². The van der Waals surface area contributed by atoms with E-state index >= 15 is 0 Å². The van der Waals surface area contributed by atoms with E-state index in [1.807, 2.05) is 6.08 Å². The van der Waals surface area contributed by atoms with Crippen molar-refractivity contribution in [2.75, 3.05) is 0 Å². The van der Waals surface area contributed by atoms with Crippen LogP contribution in [0.5, 0.6) is 0 Å². The van der Waals surface area contributed by atoms with Crippen LogP contribution in [0, 0.1) is 0 Å². The number of hydrogen-bond acceptors (Lipinski definition) is 1. The maximum atomic E-state index is 13.1. The standard InChI is InChI=1S/C10H17FO/c1-10(12)7-5-3-2-4-6-9(11)8-10/h4,6,9,12H,2-3,5,7-8H2,1H3/b6-4-. The number of allylic oxidation sites excluding steroid dienone is 2. The summed E-state index contributed by atoms with van der Waals surface area (Å²) in [5.74, 6) is 0. The molecule has 0 fully saturated rings. The third-order valence-corrected chi connectivity index (χ3v) is 2.32. The van der Waals surface area contributed by atoms with E-state index < -0.39 is 11.8 Å². The highest BCUT2D eigenvalue weighted by Gasteiger charge is 2.24. The van der Waals surface area contributed by atoms with Gasteiger partial charge < -0.3 is 5.11 Å². The normalized spacial score (nSPS) is 41.1. The van der Waals surface area contributed by atoms with E-state index in [4.69, 9.17) is 0 Å². The Bertz CT molecular complexity index is 163. The van der Waals surface area contributed by atoms with Crippen LogP contribution in [0.1, 0.15) is 39.0 Å². The lowest BCUT2D eigenvalue weighted by Crippen LogP contribution is -2.27. The SMILES string of the molecule is CC1(O)CCCC/C=C\C(F)C1. The fourth-order valence-corrected chi connectivity index (χ4v) is 1.60. The summed E-state index contributed by atoms with van der Waals surface area (Å²) in [6.45, 7) is 1.72. The summed E-state index contributed by atoms with van der Waals surface area (Å²) in [5, 5.41) is 9.70. The van der Waals surface area contributed by atoms with Gasteiger partial charge in [-0.1, -0.05) is 18.6 Å². The highest BCUT2D eigenvalue weighted by atomic mass is 19.1. The summed E-state index contributed by atoms with van der Waals surface area (Å²) in [4.78, 5) is 0. The van der Waals surface area contributed by atoms with Crippen molar-refractivity contribution in [3.8, 4) is 0 Å². The van der Waals surface area contributed by atoms with E-state index in [9.17, 15) is 9.50 Å². The predicted molar refractivity (Wildman–Crippen MR) is 47.7 cm³/mol. The molecule has 0 aromatic carbocycles. The van der Waals surface area contributed by atoms with Gasteiger partial charge in [0.15, 0.2) is 0 Å². The third kappa shape index (κ3) is 3.35. The highest BCUT2D eigenvalue weighted by Crippen LogP contribution is 2.23. The Hall–Kier alpha value is -0.370. The molecule has 1 aliphatic carbocycles. The number of aliphatic hydroxyl groups is 1. The molecule has 0 spiro atoms. The molecule has 2 unspecified atom stereocenters. The molecule has 0 bridgehead atoms. The largest absolute Gasteiger partial charge is 0.390 e. The summed E-state index contributed by atoms with van der Waals surface area (Å²) in [6, 6.07) is 0. The van der Waals surface area contributed by atoms with Gasteiger partial charge in [-0.3, -0.25) is 0 Å². The topological polar surface area (TPSA) is 20.2 Å². The first-order valence-electron chi connectivity index (χ1n) is 4.63. The molecule has 0 heterocycles. The second-order valence-corrected chi connectivity index (χ2v) is 3.89. The molecule has 1 rings (SSSR count). The molecule has 1 aliphatic rings. The van der Waals surface area contributed by atoms with Crippen LogP contribution in [0.25, 0.3) is 0 Å². The van der Waals surface area contributed by atoms with Gasteiger partial charge in [-0.05, 0) is 26.2 Å². The first-order chi connectivity index (χ1) is 5.60. The van der Waals surface area contributed by atoms with Crippen molar-refractivity contribution in [3.63, 3.8) is 0 Å². The second-order valence-electron chi connectivity index (χ2n) is 3.89. The van der Waals surface area contributed by atoms with Crippen LogP contribution in [-0.4, -0.2) is 16.9 Å². The zero-order valence-electron chi connectivity index (χ0n) is 7.59. The molecule has 1 N–H and O–H groups in total. The van der Waals surface area contributed by atoms with Crippen LogP contribution in [0.4, 0.5) is 4.39 Å². The minimum atomic E-state index is -0.974. The molecule has 0 saturated carbocycles. The fourth-order valence-electron chi connectivity index (χ4n) is 1.60. The van der Waals surface area contributed by atoms with Crippen LogP contribution in [0.15, 0.2) is 12.2 Å². The molecule has 70 valence electrons. The molecular formula is C10H17FO. The molecule has 0 aliphatic heterocycles. The van der Waals surface area contributed by atoms with Crippen molar-refractivity contribution in [1.29, 1.82) is 0 Å². The van der Waals surface area contributed by atoms with Gasteiger partial charge in [0.05, 0.1) is 5.60 Å². The van der Waals surface area contributed by atoms with Gasteiger partial charge in [0, 0.05) is 6.42 Å². The van der Waals surface area contributed by atoms with Crippen LogP contribution < -0.4 is 0 Å². The average Bonchev–Trinajstić information content (AvgIpc) is 1.99. The minimum absolute atomic E-state index is 0.240. The summed E-state index contributed by atoms with van der Waals surface area (Å²) in [7, 11) is 0. The molecule has 0 aromatic heterocycles. The molecule has 0 saturated heterocycles. The summed E-state index contributed by atoms with van der Waals surface area (Å²) >= 11 is 0. The summed E-state index contributed by atoms with van der Waals surface area (Å²) in [5.41, 5.74) is -0.811. The predicted octanol–water partition coefficient (Wildman–Crippen LogP) is 2.60. The van der Waals surface area contributed by atoms with Crippen molar-refractivity contribution >= 4 is 0 Å². The summed E-state index contributed by atoms with van der Waals surface area (Å²) < 4.78 is 13.1. The van der Waals surface area contributed by atoms with E-state index in [2.05, 4.69) is 0 Å². The fraction of sp³-hybridized carbons (Fsp3) is 0.800. The van der Waals surface area contributed by atoms with Gasteiger partial charge in [0.1, 0.15) is 6.17 Å². The quantitative estimate of drug-likeness (QED) is 0.557. The smallest absolute Gasteiger partial charge is 0.121 e. The lowest BCUT2D eigenvalue weighted by atomic mass is 9.93. The molecule has 12 heavy (non-hydrogen) atoms. The first kappa shape index (κ1) is 9.72. The van der Waals surface area contributed by atoms with Gasteiger partial charge >= 0.3 is 0 Å². The first-order valence-corrected chi connectivity index (χ1v) is 4.63. The van der Waals surface area contributed by atoms with Crippen molar-refractivity contribution in [1.82, 2.24) is 0 Å². The van der Waals surface area contributed by atoms with Crippen molar-refractivity contribution in [2.45, 2.75) is 50.8 Å². The van der Waals surface area contributed by atoms with Crippen molar-refractivity contribution in [2.24, 2.45) is 0 Å². The maximum Gasteiger partial charge on any atom is 0.121 e. The Labute approximate surface area is 73.3 Å². The van der Waals surface area contributed by atoms with E-state index in [0.717, 1.165) is 25.7 Å². The Morgan fingerprint density at radius 2 is 2.25 bits per heavy atom. The summed E-state index contributed by atoms with van der Waals surface area (Å²) in [6.07, 6.45) is 6.42. The van der Waals surface area contributed by atoms with Gasteiger partial charge in [0.25, 0.3) is 0 Å². The highest BCUT2D eigenvalue weighted by molar-refractivity contribution is 4.94. The third-order valence-electron chi connectivity index (χ3n) is 2.32. The molecule has 2 heteroatoms. The number of rotatable bonds is 0. The Morgan fingerprint density at radius 3 is 3.00 bits per heavy atom. The van der Waals surface area contributed by atoms with Gasteiger partial charge in [-0.25, -0.2) is 4.39 Å². The Morgan fingerprint density at radius 1 is 1.50 bits per heavy atom. The van der Waals surface area contributed by atoms with Crippen molar-refractivity contribution < 1.29 is 9.50 Å². The zero-order valence-corrected chi connectivity index (χ0v) is 7.59. The van der Waals surface area contributed by atoms with Gasteiger partial charge in [-0.15, -0.1) is 0 Å².